The Bertz CT molecular complexity index is 800. The van der Waals surface area contributed by atoms with Gasteiger partial charge in [0.05, 0.1) is 5.92 Å². The predicted molar refractivity (Wildman–Crippen MR) is 88.7 cm³/mol. The molecule has 5 heteroatoms. The molecule has 3 rings (SSSR count). The first-order valence-electron chi connectivity index (χ1n) is 7.28. The first kappa shape index (κ1) is 15.7. The topological polar surface area (TPSA) is 66.4 Å². The number of amides is 1. The zero-order valence-electron chi connectivity index (χ0n) is 12.8. The highest BCUT2D eigenvalue weighted by atomic mass is 35.5. The number of nitrogens with one attached hydrogen (secondary N) is 1. The second-order valence-corrected chi connectivity index (χ2v) is 6.30. The van der Waals surface area contributed by atoms with E-state index in [9.17, 15) is 14.7 Å². The highest BCUT2D eigenvalue weighted by Crippen LogP contribution is 2.42. The number of halogens is 1. The normalized spacial score (nSPS) is 20.8. The number of Topliss-reactive ketones (excluding diaryl/α,β-unsaturated/α-hetero) is 1. The molecule has 1 aliphatic heterocycles. The molecule has 0 saturated heterocycles. The third-order valence-corrected chi connectivity index (χ3v) is 4.58. The Morgan fingerprint density at radius 1 is 1.22 bits per heavy atom. The number of rotatable bonds is 3. The molecule has 1 aliphatic rings. The van der Waals surface area contributed by atoms with Crippen molar-refractivity contribution in [3.8, 4) is 0 Å². The predicted octanol–water partition coefficient (Wildman–Crippen LogP) is 3.31. The number of fused-ring (bicyclic) bond motifs is 1. The number of aliphatic hydroxyl groups is 1. The van der Waals surface area contributed by atoms with Crippen molar-refractivity contribution in [1.82, 2.24) is 0 Å². The molecule has 0 radical (unpaired) electrons. The van der Waals surface area contributed by atoms with E-state index in [1.807, 2.05) is 13.0 Å². The van der Waals surface area contributed by atoms with Gasteiger partial charge in [0.1, 0.15) is 0 Å². The maximum atomic E-state index is 12.7. The molecule has 1 amide bonds. The van der Waals surface area contributed by atoms with Crippen LogP contribution in [-0.2, 0) is 10.4 Å². The Morgan fingerprint density at radius 2 is 1.87 bits per heavy atom. The standard InChI is InChI=1S/C18H16ClNO3/c1-10-3-8-15-14(9-10)18(23,17(22)20-15)11(2)16(21)12-4-6-13(19)7-5-12/h3-9,11,23H,1-2H3,(H,20,22)/t11-,18+/m0/s1. The minimum absolute atomic E-state index is 0.311. The fraction of sp³-hybridized carbons (Fsp3) is 0.222. The summed E-state index contributed by atoms with van der Waals surface area (Å²) in [5.41, 5.74) is 0.420. The van der Waals surface area contributed by atoms with Crippen LogP contribution in [0.25, 0.3) is 0 Å². The van der Waals surface area contributed by atoms with Crippen molar-refractivity contribution >= 4 is 29.0 Å². The molecule has 0 unspecified atom stereocenters. The van der Waals surface area contributed by atoms with Gasteiger partial charge in [-0.15, -0.1) is 0 Å². The van der Waals surface area contributed by atoms with E-state index in [0.29, 0.717) is 21.8 Å². The van der Waals surface area contributed by atoms with Gasteiger partial charge < -0.3 is 10.4 Å². The zero-order valence-corrected chi connectivity index (χ0v) is 13.5. The van der Waals surface area contributed by atoms with Crippen LogP contribution < -0.4 is 5.32 Å². The van der Waals surface area contributed by atoms with Gasteiger partial charge in [-0.2, -0.15) is 0 Å². The largest absolute Gasteiger partial charge is 0.375 e. The lowest BCUT2D eigenvalue weighted by atomic mass is 9.79. The molecule has 0 aliphatic carbocycles. The Hall–Kier alpha value is -2.17. The van der Waals surface area contributed by atoms with E-state index < -0.39 is 17.4 Å². The Kier molecular flexibility index (Phi) is 3.74. The summed E-state index contributed by atoms with van der Waals surface area (Å²) in [4.78, 5) is 25.1. The summed E-state index contributed by atoms with van der Waals surface area (Å²) >= 11 is 5.83. The maximum absolute atomic E-state index is 12.7. The van der Waals surface area contributed by atoms with E-state index in [-0.39, 0.29) is 5.78 Å². The number of hydrogen-bond donors (Lipinski definition) is 2. The highest BCUT2D eigenvalue weighted by Gasteiger charge is 2.52. The molecule has 1 heterocycles. The molecule has 2 atom stereocenters. The van der Waals surface area contributed by atoms with Crippen LogP contribution in [0.2, 0.25) is 5.02 Å². The monoisotopic (exact) mass is 329 g/mol. The molecule has 0 fully saturated rings. The molecule has 2 N–H and O–H groups in total. The molecule has 0 bridgehead atoms. The van der Waals surface area contributed by atoms with Gasteiger partial charge in [0.15, 0.2) is 11.4 Å². The lowest BCUT2D eigenvalue weighted by Crippen LogP contribution is -2.44. The molecule has 0 saturated carbocycles. The summed E-state index contributed by atoms with van der Waals surface area (Å²) in [6.45, 7) is 3.43. The van der Waals surface area contributed by atoms with Crippen molar-refractivity contribution in [3.63, 3.8) is 0 Å². The van der Waals surface area contributed by atoms with Crippen molar-refractivity contribution in [3.05, 3.63) is 64.2 Å². The average Bonchev–Trinajstić information content (AvgIpc) is 2.79. The summed E-state index contributed by atoms with van der Waals surface area (Å²) in [5.74, 6) is -1.81. The summed E-state index contributed by atoms with van der Waals surface area (Å²) in [6, 6.07) is 11.7. The Balaban J connectivity index is 2.03. The summed E-state index contributed by atoms with van der Waals surface area (Å²) in [7, 11) is 0. The van der Waals surface area contributed by atoms with Crippen LogP contribution in [0, 0.1) is 12.8 Å². The van der Waals surface area contributed by atoms with Crippen LogP contribution in [-0.4, -0.2) is 16.8 Å². The van der Waals surface area contributed by atoms with Crippen molar-refractivity contribution in [2.75, 3.05) is 5.32 Å². The van der Waals surface area contributed by atoms with Crippen LogP contribution in [0.15, 0.2) is 42.5 Å². The van der Waals surface area contributed by atoms with Crippen molar-refractivity contribution in [2.45, 2.75) is 19.4 Å². The molecule has 0 spiro atoms. The van der Waals surface area contributed by atoms with Crippen LogP contribution in [0.5, 0.6) is 0 Å². The van der Waals surface area contributed by atoms with E-state index in [0.717, 1.165) is 5.56 Å². The second-order valence-electron chi connectivity index (χ2n) is 5.86. The third kappa shape index (κ3) is 2.44. The Morgan fingerprint density at radius 3 is 2.52 bits per heavy atom. The molecule has 118 valence electrons. The SMILES string of the molecule is Cc1ccc2c(c1)[C@](O)([C@@H](C)C(=O)c1ccc(Cl)cc1)C(=O)N2. The van der Waals surface area contributed by atoms with Gasteiger partial charge in [0.2, 0.25) is 0 Å². The first-order valence-corrected chi connectivity index (χ1v) is 7.66. The van der Waals surface area contributed by atoms with E-state index in [2.05, 4.69) is 5.32 Å². The minimum Gasteiger partial charge on any atom is -0.375 e. The number of carbonyl (C=O) groups excluding carboxylic acids is 2. The smallest absolute Gasteiger partial charge is 0.261 e. The number of carbonyl (C=O) groups is 2. The maximum Gasteiger partial charge on any atom is 0.261 e. The number of benzene rings is 2. The fourth-order valence-corrected chi connectivity index (χ4v) is 3.03. The van der Waals surface area contributed by atoms with Crippen LogP contribution in [0.1, 0.15) is 28.4 Å². The third-order valence-electron chi connectivity index (χ3n) is 4.33. The lowest BCUT2D eigenvalue weighted by Gasteiger charge is -2.27. The quantitative estimate of drug-likeness (QED) is 0.849. The molecular weight excluding hydrogens is 314 g/mol. The van der Waals surface area contributed by atoms with Gasteiger partial charge in [0, 0.05) is 21.8 Å². The van der Waals surface area contributed by atoms with Crippen molar-refractivity contribution in [2.24, 2.45) is 5.92 Å². The van der Waals surface area contributed by atoms with Gasteiger partial charge in [-0.1, -0.05) is 36.2 Å². The van der Waals surface area contributed by atoms with Gasteiger partial charge in [0.25, 0.3) is 5.91 Å². The molecule has 0 aromatic heterocycles. The van der Waals surface area contributed by atoms with Gasteiger partial charge in [-0.3, -0.25) is 9.59 Å². The van der Waals surface area contributed by atoms with Crippen LogP contribution >= 0.6 is 11.6 Å². The highest BCUT2D eigenvalue weighted by molar-refractivity contribution is 6.30. The number of anilines is 1. The second kappa shape index (κ2) is 5.48. The number of ketones is 1. The molecule has 4 nitrogen and oxygen atoms in total. The minimum atomic E-state index is -1.88. The van der Waals surface area contributed by atoms with Gasteiger partial charge in [-0.25, -0.2) is 0 Å². The molecular formula is C18H16ClNO3. The van der Waals surface area contributed by atoms with Crippen molar-refractivity contribution < 1.29 is 14.7 Å². The number of hydrogen-bond acceptors (Lipinski definition) is 3. The van der Waals surface area contributed by atoms with Gasteiger partial charge in [-0.05, 0) is 37.3 Å². The molecule has 23 heavy (non-hydrogen) atoms. The number of aryl methyl sites for hydroxylation is 1. The zero-order chi connectivity index (χ0) is 16.8. The average molecular weight is 330 g/mol. The van der Waals surface area contributed by atoms with Crippen molar-refractivity contribution in [1.29, 1.82) is 0 Å². The lowest BCUT2D eigenvalue weighted by molar-refractivity contribution is -0.137. The Labute approximate surface area is 139 Å². The van der Waals surface area contributed by atoms with E-state index >= 15 is 0 Å². The van der Waals surface area contributed by atoms with E-state index in [1.54, 1.807) is 43.3 Å². The van der Waals surface area contributed by atoms with Crippen LogP contribution in [0.3, 0.4) is 0 Å². The molecule has 2 aromatic rings. The first-order chi connectivity index (χ1) is 10.8. The summed E-state index contributed by atoms with van der Waals surface area (Å²) in [5, 5.41) is 14.2. The van der Waals surface area contributed by atoms with Gasteiger partial charge >= 0.3 is 0 Å². The fourth-order valence-electron chi connectivity index (χ4n) is 2.91. The molecule has 2 aromatic carbocycles. The summed E-state index contributed by atoms with van der Waals surface area (Å²) < 4.78 is 0. The van der Waals surface area contributed by atoms with Crippen LogP contribution in [0.4, 0.5) is 5.69 Å². The summed E-state index contributed by atoms with van der Waals surface area (Å²) in [6.07, 6.45) is 0. The van der Waals surface area contributed by atoms with E-state index in [4.69, 9.17) is 11.6 Å². The van der Waals surface area contributed by atoms with E-state index in [1.165, 1.54) is 0 Å².